The number of carbonyl (C=O) groups excluding carboxylic acids is 1. The minimum atomic E-state index is -4.59. The van der Waals surface area contributed by atoms with E-state index >= 15 is 0 Å². The molecule has 25 heavy (non-hydrogen) atoms. The predicted molar refractivity (Wildman–Crippen MR) is 85.4 cm³/mol. The molecular weight excluding hydrogens is 359 g/mol. The van der Waals surface area contributed by atoms with Crippen molar-refractivity contribution in [3.63, 3.8) is 0 Å². The van der Waals surface area contributed by atoms with Crippen LogP contribution in [0.2, 0.25) is 5.02 Å². The van der Waals surface area contributed by atoms with E-state index in [1.54, 1.807) is 0 Å². The topological polar surface area (TPSA) is 56.2 Å². The van der Waals surface area contributed by atoms with Crippen LogP contribution in [-0.4, -0.2) is 34.4 Å². The van der Waals surface area contributed by atoms with E-state index < -0.39 is 11.9 Å². The maximum atomic E-state index is 13.0. The third kappa shape index (κ3) is 4.28. The van der Waals surface area contributed by atoms with Crippen LogP contribution in [0.3, 0.4) is 0 Å². The minimum absolute atomic E-state index is 0.00181. The van der Waals surface area contributed by atoms with Crippen molar-refractivity contribution < 1.29 is 22.7 Å². The first kappa shape index (κ1) is 18.5. The SMILES string of the molecule is C[C@H](NC(=O)CCn1nc(C(F)(F)F)c(Cl)c1C1CC1)[C@H]1CCCO1. The molecule has 1 aliphatic carbocycles. The average molecular weight is 380 g/mol. The molecule has 140 valence electrons. The van der Waals surface area contributed by atoms with Crippen molar-refractivity contribution >= 4 is 17.5 Å². The van der Waals surface area contributed by atoms with Gasteiger partial charge in [0.2, 0.25) is 5.91 Å². The van der Waals surface area contributed by atoms with E-state index in [-0.39, 0.29) is 42.0 Å². The van der Waals surface area contributed by atoms with E-state index in [0.717, 1.165) is 25.7 Å². The van der Waals surface area contributed by atoms with Gasteiger partial charge in [-0.15, -0.1) is 0 Å². The first-order valence-electron chi connectivity index (χ1n) is 8.51. The zero-order valence-electron chi connectivity index (χ0n) is 13.9. The molecule has 0 spiro atoms. The number of aromatic nitrogens is 2. The number of aryl methyl sites for hydroxylation is 1. The van der Waals surface area contributed by atoms with Crippen molar-refractivity contribution in [2.24, 2.45) is 0 Å². The van der Waals surface area contributed by atoms with Gasteiger partial charge in [-0.2, -0.15) is 18.3 Å². The fourth-order valence-corrected chi connectivity index (χ4v) is 3.57. The van der Waals surface area contributed by atoms with Gasteiger partial charge in [0.1, 0.15) is 0 Å². The Morgan fingerprint density at radius 1 is 1.44 bits per heavy atom. The van der Waals surface area contributed by atoms with Crippen molar-refractivity contribution in [2.45, 2.75) is 69.8 Å². The van der Waals surface area contributed by atoms with Crippen molar-refractivity contribution in [1.29, 1.82) is 0 Å². The highest BCUT2D eigenvalue weighted by Gasteiger charge is 2.42. The molecule has 1 aromatic heterocycles. The lowest BCUT2D eigenvalue weighted by atomic mass is 10.1. The Labute approximate surface area is 148 Å². The molecule has 1 amide bonds. The second-order valence-electron chi connectivity index (χ2n) is 6.70. The molecule has 1 N–H and O–H groups in total. The normalized spacial score (nSPS) is 22.2. The lowest BCUT2D eigenvalue weighted by Gasteiger charge is -2.20. The number of nitrogens with one attached hydrogen (secondary N) is 1. The summed E-state index contributed by atoms with van der Waals surface area (Å²) in [7, 11) is 0. The van der Waals surface area contributed by atoms with Crippen LogP contribution in [-0.2, 0) is 22.3 Å². The molecule has 2 heterocycles. The van der Waals surface area contributed by atoms with Gasteiger partial charge < -0.3 is 10.1 Å². The summed E-state index contributed by atoms with van der Waals surface area (Å²) in [4.78, 5) is 12.1. The summed E-state index contributed by atoms with van der Waals surface area (Å²) in [6.45, 7) is 2.64. The number of rotatable bonds is 6. The van der Waals surface area contributed by atoms with Crippen LogP contribution < -0.4 is 5.32 Å². The molecule has 1 aromatic rings. The third-order valence-electron chi connectivity index (χ3n) is 4.63. The van der Waals surface area contributed by atoms with Gasteiger partial charge in [0, 0.05) is 18.9 Å². The highest BCUT2D eigenvalue weighted by Crippen LogP contribution is 2.46. The first-order chi connectivity index (χ1) is 11.8. The molecule has 1 aliphatic heterocycles. The predicted octanol–water partition coefficient (Wildman–Crippen LogP) is 3.51. The molecule has 0 aromatic carbocycles. The van der Waals surface area contributed by atoms with Gasteiger partial charge in [0.25, 0.3) is 0 Å². The standard InChI is InChI=1S/C16H21ClF3N3O2/c1-9(11-3-2-8-25-11)21-12(24)6-7-23-14(10-4-5-10)13(17)15(22-23)16(18,19)20/h9-11H,2-8H2,1H3,(H,21,24)/t9-,11+/m0/s1. The maximum absolute atomic E-state index is 13.0. The second-order valence-corrected chi connectivity index (χ2v) is 7.08. The van der Waals surface area contributed by atoms with Crippen LogP contribution >= 0.6 is 11.6 Å². The van der Waals surface area contributed by atoms with Crippen LogP contribution in [0.25, 0.3) is 0 Å². The molecule has 3 rings (SSSR count). The Hall–Kier alpha value is -1.28. The van der Waals surface area contributed by atoms with Gasteiger partial charge in [-0.1, -0.05) is 11.6 Å². The van der Waals surface area contributed by atoms with Crippen LogP contribution in [0.15, 0.2) is 0 Å². The highest BCUT2D eigenvalue weighted by molar-refractivity contribution is 6.32. The van der Waals surface area contributed by atoms with Gasteiger partial charge in [0.05, 0.1) is 29.4 Å². The van der Waals surface area contributed by atoms with Gasteiger partial charge >= 0.3 is 6.18 Å². The van der Waals surface area contributed by atoms with Crippen molar-refractivity contribution in [1.82, 2.24) is 15.1 Å². The summed E-state index contributed by atoms with van der Waals surface area (Å²) in [5.74, 6) is -0.227. The molecule has 1 saturated carbocycles. The molecule has 1 saturated heterocycles. The Bertz CT molecular complexity index is 637. The Morgan fingerprint density at radius 3 is 2.72 bits per heavy atom. The zero-order valence-corrected chi connectivity index (χ0v) is 14.7. The number of hydrogen-bond acceptors (Lipinski definition) is 3. The van der Waals surface area contributed by atoms with Crippen molar-refractivity contribution in [3.8, 4) is 0 Å². The lowest BCUT2D eigenvalue weighted by Crippen LogP contribution is -2.41. The fraction of sp³-hybridized carbons (Fsp3) is 0.750. The molecule has 0 radical (unpaired) electrons. The summed E-state index contributed by atoms with van der Waals surface area (Å²) < 4.78 is 45.8. The second kappa shape index (κ2) is 7.15. The van der Waals surface area contributed by atoms with Gasteiger partial charge in [-0.3, -0.25) is 9.48 Å². The largest absolute Gasteiger partial charge is 0.436 e. The van der Waals surface area contributed by atoms with E-state index in [1.165, 1.54) is 4.68 Å². The number of halogens is 4. The van der Waals surface area contributed by atoms with E-state index in [9.17, 15) is 18.0 Å². The molecule has 0 unspecified atom stereocenters. The molecular formula is C16H21ClF3N3O2. The quantitative estimate of drug-likeness (QED) is 0.823. The molecule has 9 heteroatoms. The Morgan fingerprint density at radius 2 is 2.16 bits per heavy atom. The summed E-state index contributed by atoms with van der Waals surface area (Å²) in [6.07, 6.45) is -1.08. The number of ether oxygens (including phenoxy) is 1. The fourth-order valence-electron chi connectivity index (χ4n) is 3.17. The van der Waals surface area contributed by atoms with Crippen molar-refractivity contribution in [2.75, 3.05) is 6.61 Å². The van der Waals surface area contributed by atoms with E-state index in [0.29, 0.717) is 12.3 Å². The van der Waals surface area contributed by atoms with Crippen molar-refractivity contribution in [3.05, 3.63) is 16.4 Å². The Balaban J connectivity index is 1.63. The number of carbonyl (C=O) groups is 1. The maximum Gasteiger partial charge on any atom is 0.436 e. The first-order valence-corrected chi connectivity index (χ1v) is 8.89. The van der Waals surface area contributed by atoms with Crippen LogP contribution in [0, 0.1) is 0 Å². The van der Waals surface area contributed by atoms with Gasteiger partial charge in [0.15, 0.2) is 5.69 Å². The van der Waals surface area contributed by atoms with E-state index in [1.807, 2.05) is 6.92 Å². The summed E-state index contributed by atoms with van der Waals surface area (Å²) in [5.41, 5.74) is -0.668. The van der Waals surface area contributed by atoms with Crippen LogP contribution in [0.1, 0.15) is 56.3 Å². The molecule has 5 nitrogen and oxygen atoms in total. The zero-order chi connectivity index (χ0) is 18.2. The molecule has 2 aliphatic rings. The monoisotopic (exact) mass is 379 g/mol. The average Bonchev–Trinajstić information content (AvgIpc) is 3.08. The van der Waals surface area contributed by atoms with E-state index in [4.69, 9.17) is 16.3 Å². The molecule has 0 bridgehead atoms. The smallest absolute Gasteiger partial charge is 0.376 e. The third-order valence-corrected chi connectivity index (χ3v) is 5.00. The summed E-state index contributed by atoms with van der Waals surface area (Å²) in [6, 6.07) is -0.121. The minimum Gasteiger partial charge on any atom is -0.376 e. The lowest BCUT2D eigenvalue weighted by molar-refractivity contribution is -0.141. The number of hydrogen-bond donors (Lipinski definition) is 1. The summed E-state index contributed by atoms with van der Waals surface area (Å²) >= 11 is 5.91. The summed E-state index contributed by atoms with van der Waals surface area (Å²) in [5, 5.41) is 6.14. The molecule has 2 atom stereocenters. The molecule has 2 fully saturated rings. The van der Waals surface area contributed by atoms with Crippen LogP contribution in [0.4, 0.5) is 13.2 Å². The van der Waals surface area contributed by atoms with E-state index in [2.05, 4.69) is 10.4 Å². The highest BCUT2D eigenvalue weighted by atomic mass is 35.5. The van der Waals surface area contributed by atoms with Gasteiger partial charge in [-0.05, 0) is 32.6 Å². The Kier molecular flexibility index (Phi) is 5.29. The van der Waals surface area contributed by atoms with Gasteiger partial charge in [-0.25, -0.2) is 0 Å². The number of alkyl halides is 3. The number of amides is 1. The van der Waals surface area contributed by atoms with Crippen LogP contribution in [0.5, 0.6) is 0 Å². The number of nitrogens with zero attached hydrogens (tertiary/aromatic N) is 2.